The Morgan fingerprint density at radius 2 is 2.13 bits per heavy atom. The molecule has 0 aromatic carbocycles. The summed E-state index contributed by atoms with van der Waals surface area (Å²) in [6, 6.07) is 0. The maximum atomic E-state index is 4.29. The normalized spacial score (nSPS) is 10.4. The van der Waals surface area contributed by atoms with E-state index in [1.165, 1.54) is 0 Å². The summed E-state index contributed by atoms with van der Waals surface area (Å²) in [7, 11) is 0. The molecule has 0 saturated heterocycles. The van der Waals surface area contributed by atoms with E-state index in [0.717, 1.165) is 25.3 Å². The van der Waals surface area contributed by atoms with Gasteiger partial charge in [-0.2, -0.15) is 10.1 Å². The van der Waals surface area contributed by atoms with Crippen LogP contribution in [-0.4, -0.2) is 28.3 Å². The van der Waals surface area contributed by atoms with Crippen LogP contribution in [0, 0.1) is 5.92 Å². The number of rotatable bonds is 6. The van der Waals surface area contributed by atoms with Crippen LogP contribution in [0.4, 0.5) is 11.8 Å². The standard InChI is InChI=1S/C10H19N5/c1-4-5-11-9-7-13-15-10(14-9)12-6-8(2)3/h7-8H,4-6H2,1-3H3,(H2,11,12,14,15). The third kappa shape index (κ3) is 4.58. The SMILES string of the molecule is CCCNc1cnnc(NCC(C)C)n1. The maximum Gasteiger partial charge on any atom is 0.244 e. The van der Waals surface area contributed by atoms with E-state index in [4.69, 9.17) is 0 Å². The van der Waals surface area contributed by atoms with Gasteiger partial charge >= 0.3 is 0 Å². The van der Waals surface area contributed by atoms with Crippen molar-refractivity contribution >= 4 is 11.8 Å². The van der Waals surface area contributed by atoms with Crippen molar-refractivity contribution in [1.29, 1.82) is 0 Å². The second-order valence-corrected chi connectivity index (χ2v) is 3.87. The number of hydrogen-bond acceptors (Lipinski definition) is 5. The molecule has 1 rings (SSSR count). The quantitative estimate of drug-likeness (QED) is 0.747. The molecule has 0 aliphatic rings. The first-order chi connectivity index (χ1) is 7.22. The van der Waals surface area contributed by atoms with E-state index in [1.54, 1.807) is 6.20 Å². The second kappa shape index (κ2) is 6.16. The lowest BCUT2D eigenvalue weighted by molar-refractivity contribution is 0.682. The molecule has 0 aliphatic carbocycles. The summed E-state index contributed by atoms with van der Waals surface area (Å²) in [4.78, 5) is 4.29. The van der Waals surface area contributed by atoms with Crippen molar-refractivity contribution in [2.24, 2.45) is 5.92 Å². The molecular weight excluding hydrogens is 190 g/mol. The molecule has 0 fully saturated rings. The summed E-state index contributed by atoms with van der Waals surface area (Å²) in [6.45, 7) is 8.15. The van der Waals surface area contributed by atoms with Gasteiger partial charge in [-0.05, 0) is 12.3 Å². The van der Waals surface area contributed by atoms with Gasteiger partial charge in [0.25, 0.3) is 0 Å². The molecule has 0 aliphatic heterocycles. The Morgan fingerprint density at radius 3 is 2.80 bits per heavy atom. The lowest BCUT2D eigenvalue weighted by Gasteiger charge is -2.08. The Morgan fingerprint density at radius 1 is 1.33 bits per heavy atom. The fourth-order valence-electron chi connectivity index (χ4n) is 1.01. The Hall–Kier alpha value is -1.39. The van der Waals surface area contributed by atoms with Gasteiger partial charge in [-0.3, -0.25) is 0 Å². The fraction of sp³-hybridized carbons (Fsp3) is 0.700. The fourth-order valence-corrected chi connectivity index (χ4v) is 1.01. The molecule has 1 heterocycles. The smallest absolute Gasteiger partial charge is 0.244 e. The summed E-state index contributed by atoms with van der Waals surface area (Å²) in [5.41, 5.74) is 0. The lowest BCUT2D eigenvalue weighted by Crippen LogP contribution is -2.12. The minimum absolute atomic E-state index is 0.570. The van der Waals surface area contributed by atoms with E-state index < -0.39 is 0 Å². The molecule has 0 amide bonds. The molecule has 0 saturated carbocycles. The van der Waals surface area contributed by atoms with Crippen molar-refractivity contribution < 1.29 is 0 Å². The highest BCUT2D eigenvalue weighted by Crippen LogP contribution is 2.04. The first-order valence-electron chi connectivity index (χ1n) is 5.39. The van der Waals surface area contributed by atoms with Crippen LogP contribution >= 0.6 is 0 Å². The van der Waals surface area contributed by atoms with Crippen LogP contribution in [0.2, 0.25) is 0 Å². The highest BCUT2D eigenvalue weighted by molar-refractivity contribution is 5.36. The Kier molecular flexibility index (Phi) is 4.80. The summed E-state index contributed by atoms with van der Waals surface area (Å²) in [6.07, 6.45) is 2.70. The molecular formula is C10H19N5. The minimum atomic E-state index is 0.570. The number of hydrogen-bond donors (Lipinski definition) is 2. The van der Waals surface area contributed by atoms with Crippen molar-refractivity contribution in [3.05, 3.63) is 6.20 Å². The monoisotopic (exact) mass is 209 g/mol. The average Bonchev–Trinajstić information content (AvgIpc) is 2.24. The summed E-state index contributed by atoms with van der Waals surface area (Å²) < 4.78 is 0. The number of anilines is 2. The summed E-state index contributed by atoms with van der Waals surface area (Å²) in [5.74, 6) is 1.93. The van der Waals surface area contributed by atoms with Crippen LogP contribution < -0.4 is 10.6 Å². The Balaban J connectivity index is 2.50. The molecule has 0 radical (unpaired) electrons. The van der Waals surface area contributed by atoms with E-state index in [2.05, 4.69) is 46.6 Å². The first-order valence-corrected chi connectivity index (χ1v) is 5.39. The molecule has 1 aromatic heterocycles. The van der Waals surface area contributed by atoms with E-state index in [9.17, 15) is 0 Å². The van der Waals surface area contributed by atoms with Crippen LogP contribution in [-0.2, 0) is 0 Å². The molecule has 2 N–H and O–H groups in total. The second-order valence-electron chi connectivity index (χ2n) is 3.87. The predicted molar refractivity (Wildman–Crippen MR) is 61.9 cm³/mol. The van der Waals surface area contributed by atoms with Gasteiger partial charge in [0.1, 0.15) is 5.82 Å². The molecule has 5 heteroatoms. The first kappa shape index (κ1) is 11.7. The largest absolute Gasteiger partial charge is 0.369 e. The molecule has 84 valence electrons. The summed E-state index contributed by atoms with van der Waals surface area (Å²) >= 11 is 0. The topological polar surface area (TPSA) is 62.7 Å². The van der Waals surface area contributed by atoms with Gasteiger partial charge in [-0.1, -0.05) is 20.8 Å². The van der Waals surface area contributed by atoms with E-state index >= 15 is 0 Å². The van der Waals surface area contributed by atoms with Gasteiger partial charge in [0.15, 0.2) is 0 Å². The van der Waals surface area contributed by atoms with Gasteiger partial charge in [-0.15, -0.1) is 5.10 Å². The van der Waals surface area contributed by atoms with E-state index in [-0.39, 0.29) is 0 Å². The molecule has 15 heavy (non-hydrogen) atoms. The molecule has 0 unspecified atom stereocenters. The molecule has 0 bridgehead atoms. The van der Waals surface area contributed by atoms with Crippen LogP contribution in [0.25, 0.3) is 0 Å². The Labute approximate surface area is 90.7 Å². The molecule has 1 aromatic rings. The zero-order chi connectivity index (χ0) is 11.1. The van der Waals surface area contributed by atoms with Crippen molar-refractivity contribution in [1.82, 2.24) is 15.2 Å². The highest BCUT2D eigenvalue weighted by atomic mass is 15.3. The number of aromatic nitrogens is 3. The van der Waals surface area contributed by atoms with Gasteiger partial charge < -0.3 is 10.6 Å². The third-order valence-electron chi connectivity index (χ3n) is 1.78. The lowest BCUT2D eigenvalue weighted by atomic mass is 10.2. The van der Waals surface area contributed by atoms with Gasteiger partial charge in [0.05, 0.1) is 6.20 Å². The zero-order valence-electron chi connectivity index (χ0n) is 9.62. The molecule has 5 nitrogen and oxygen atoms in total. The van der Waals surface area contributed by atoms with Crippen molar-refractivity contribution in [2.45, 2.75) is 27.2 Å². The molecule has 0 atom stereocenters. The van der Waals surface area contributed by atoms with Crippen molar-refractivity contribution in [2.75, 3.05) is 23.7 Å². The third-order valence-corrected chi connectivity index (χ3v) is 1.78. The Bertz CT molecular complexity index is 287. The van der Waals surface area contributed by atoms with Gasteiger partial charge in [0, 0.05) is 13.1 Å². The summed E-state index contributed by atoms with van der Waals surface area (Å²) in [5, 5.41) is 14.1. The number of nitrogens with zero attached hydrogens (tertiary/aromatic N) is 3. The van der Waals surface area contributed by atoms with E-state index in [0.29, 0.717) is 11.9 Å². The minimum Gasteiger partial charge on any atom is -0.369 e. The van der Waals surface area contributed by atoms with Crippen LogP contribution in [0.1, 0.15) is 27.2 Å². The predicted octanol–water partition coefficient (Wildman–Crippen LogP) is 1.76. The van der Waals surface area contributed by atoms with Crippen LogP contribution in [0.3, 0.4) is 0 Å². The average molecular weight is 209 g/mol. The van der Waals surface area contributed by atoms with Crippen molar-refractivity contribution in [3.63, 3.8) is 0 Å². The zero-order valence-corrected chi connectivity index (χ0v) is 9.62. The van der Waals surface area contributed by atoms with Crippen molar-refractivity contribution in [3.8, 4) is 0 Å². The van der Waals surface area contributed by atoms with E-state index in [1.807, 2.05) is 0 Å². The molecule has 0 spiro atoms. The maximum absolute atomic E-state index is 4.29. The van der Waals surface area contributed by atoms with Crippen LogP contribution in [0.5, 0.6) is 0 Å². The highest BCUT2D eigenvalue weighted by Gasteiger charge is 2.00. The van der Waals surface area contributed by atoms with Gasteiger partial charge in [-0.25, -0.2) is 0 Å². The van der Waals surface area contributed by atoms with Crippen LogP contribution in [0.15, 0.2) is 6.20 Å². The van der Waals surface area contributed by atoms with Gasteiger partial charge in [0.2, 0.25) is 5.95 Å². The number of nitrogens with one attached hydrogen (secondary N) is 2.